The summed E-state index contributed by atoms with van der Waals surface area (Å²) in [6.07, 6.45) is 0. The molecule has 1 N–H and O–H groups in total. The van der Waals surface area contributed by atoms with Gasteiger partial charge < -0.3 is 5.32 Å². The van der Waals surface area contributed by atoms with Gasteiger partial charge in [0.15, 0.2) is 0 Å². The minimum atomic E-state index is 0.773. The zero-order valence-corrected chi connectivity index (χ0v) is 12.8. The summed E-state index contributed by atoms with van der Waals surface area (Å²) in [6.45, 7) is 5.03. The Balaban J connectivity index is 2.13. The van der Waals surface area contributed by atoms with Gasteiger partial charge in [-0.15, -0.1) is 0 Å². The van der Waals surface area contributed by atoms with E-state index in [9.17, 15) is 0 Å². The van der Waals surface area contributed by atoms with E-state index in [1.807, 2.05) is 24.3 Å². The van der Waals surface area contributed by atoms with E-state index in [0.717, 1.165) is 16.0 Å². The summed E-state index contributed by atoms with van der Waals surface area (Å²) in [5, 5.41) is 4.25. The van der Waals surface area contributed by atoms with E-state index in [1.165, 1.54) is 22.4 Å². The van der Waals surface area contributed by atoms with E-state index in [2.05, 4.69) is 47.2 Å². The van der Waals surface area contributed by atoms with Gasteiger partial charge in [-0.1, -0.05) is 39.7 Å². The van der Waals surface area contributed by atoms with Gasteiger partial charge in [-0.05, 0) is 54.8 Å². The molecule has 94 valence electrons. The van der Waals surface area contributed by atoms with Gasteiger partial charge in [-0.3, -0.25) is 0 Å². The molecule has 0 saturated heterocycles. The van der Waals surface area contributed by atoms with Crippen molar-refractivity contribution in [1.29, 1.82) is 0 Å². The van der Waals surface area contributed by atoms with Gasteiger partial charge in [-0.25, -0.2) is 0 Å². The van der Waals surface area contributed by atoms with E-state index < -0.39 is 0 Å². The predicted molar refractivity (Wildman–Crippen MR) is 82.4 cm³/mol. The van der Waals surface area contributed by atoms with Crippen LogP contribution in [-0.4, -0.2) is 0 Å². The van der Waals surface area contributed by atoms with Gasteiger partial charge in [0, 0.05) is 21.7 Å². The molecule has 0 aromatic heterocycles. The van der Waals surface area contributed by atoms with Crippen LogP contribution in [0.1, 0.15) is 16.7 Å². The van der Waals surface area contributed by atoms with Crippen LogP contribution in [0.25, 0.3) is 0 Å². The smallest absolute Gasteiger partial charge is 0.0406 e. The highest BCUT2D eigenvalue weighted by atomic mass is 79.9. The van der Waals surface area contributed by atoms with E-state index >= 15 is 0 Å². The minimum absolute atomic E-state index is 0.773. The van der Waals surface area contributed by atoms with Gasteiger partial charge in [0.1, 0.15) is 0 Å². The van der Waals surface area contributed by atoms with Crippen molar-refractivity contribution in [3.63, 3.8) is 0 Å². The molecule has 0 amide bonds. The second kappa shape index (κ2) is 5.77. The summed E-state index contributed by atoms with van der Waals surface area (Å²) in [4.78, 5) is 0. The van der Waals surface area contributed by atoms with Crippen molar-refractivity contribution < 1.29 is 0 Å². The highest BCUT2D eigenvalue weighted by Gasteiger charge is 2.03. The quantitative estimate of drug-likeness (QED) is 0.804. The minimum Gasteiger partial charge on any atom is -0.381 e. The fraction of sp³-hybridized carbons (Fsp3) is 0.200. The Bertz CT molecular complexity index is 526. The lowest BCUT2D eigenvalue weighted by Crippen LogP contribution is -2.02. The molecule has 0 aliphatic carbocycles. The second-order valence-corrected chi connectivity index (χ2v) is 5.75. The number of rotatable bonds is 3. The van der Waals surface area contributed by atoms with Crippen LogP contribution in [0.4, 0.5) is 5.69 Å². The van der Waals surface area contributed by atoms with Crippen LogP contribution < -0.4 is 5.32 Å². The van der Waals surface area contributed by atoms with Crippen molar-refractivity contribution >= 4 is 33.2 Å². The van der Waals surface area contributed by atoms with Gasteiger partial charge in [-0.2, -0.15) is 0 Å². The molecule has 0 fully saturated rings. The monoisotopic (exact) mass is 323 g/mol. The van der Waals surface area contributed by atoms with Crippen LogP contribution >= 0.6 is 27.5 Å². The zero-order chi connectivity index (χ0) is 13.1. The summed E-state index contributed by atoms with van der Waals surface area (Å²) in [7, 11) is 0. The molecule has 0 bridgehead atoms. The molecule has 0 saturated carbocycles. The van der Waals surface area contributed by atoms with E-state index in [-0.39, 0.29) is 0 Å². The molecule has 0 unspecified atom stereocenters. The van der Waals surface area contributed by atoms with Crippen molar-refractivity contribution in [1.82, 2.24) is 0 Å². The topological polar surface area (TPSA) is 12.0 Å². The lowest BCUT2D eigenvalue weighted by atomic mass is 10.1. The molecule has 0 aliphatic rings. The standard InChI is InChI=1S/C15H15BrClN/c1-10-7-13(16)8-11(2)15(10)18-9-12-3-5-14(17)6-4-12/h3-8,18H,9H2,1-2H3. The van der Waals surface area contributed by atoms with Crippen molar-refractivity contribution in [2.45, 2.75) is 20.4 Å². The summed E-state index contributed by atoms with van der Waals surface area (Å²) in [5.41, 5.74) is 4.92. The van der Waals surface area contributed by atoms with Crippen molar-refractivity contribution in [3.05, 3.63) is 62.6 Å². The molecule has 0 radical (unpaired) electrons. The lowest BCUT2D eigenvalue weighted by Gasteiger charge is -2.13. The average Bonchev–Trinajstić information content (AvgIpc) is 2.30. The molecule has 2 aromatic rings. The van der Waals surface area contributed by atoms with Gasteiger partial charge >= 0.3 is 0 Å². The largest absolute Gasteiger partial charge is 0.381 e. The Morgan fingerprint density at radius 2 is 1.61 bits per heavy atom. The Morgan fingerprint density at radius 1 is 1.06 bits per heavy atom. The lowest BCUT2D eigenvalue weighted by molar-refractivity contribution is 1.13. The second-order valence-electron chi connectivity index (χ2n) is 4.39. The normalized spacial score (nSPS) is 10.4. The first-order chi connectivity index (χ1) is 8.56. The maximum Gasteiger partial charge on any atom is 0.0406 e. The van der Waals surface area contributed by atoms with Gasteiger partial charge in [0.05, 0.1) is 0 Å². The Kier molecular flexibility index (Phi) is 4.31. The molecule has 2 aromatic carbocycles. The molecule has 0 aliphatic heterocycles. The average molecular weight is 325 g/mol. The third-order valence-corrected chi connectivity index (χ3v) is 3.59. The van der Waals surface area contributed by atoms with Gasteiger partial charge in [0.2, 0.25) is 0 Å². The first-order valence-electron chi connectivity index (χ1n) is 5.81. The third-order valence-electron chi connectivity index (χ3n) is 2.88. The molecule has 18 heavy (non-hydrogen) atoms. The number of halogens is 2. The fourth-order valence-corrected chi connectivity index (χ4v) is 2.79. The number of benzene rings is 2. The highest BCUT2D eigenvalue weighted by molar-refractivity contribution is 9.10. The van der Waals surface area contributed by atoms with Crippen LogP contribution in [0, 0.1) is 13.8 Å². The highest BCUT2D eigenvalue weighted by Crippen LogP contribution is 2.25. The summed E-state index contributed by atoms with van der Waals surface area (Å²) in [5.74, 6) is 0. The SMILES string of the molecule is Cc1cc(Br)cc(C)c1NCc1ccc(Cl)cc1. The Hall–Kier alpha value is -0.990. The van der Waals surface area contributed by atoms with Crippen LogP contribution in [0.15, 0.2) is 40.9 Å². The first-order valence-corrected chi connectivity index (χ1v) is 6.98. The number of anilines is 1. The van der Waals surface area contributed by atoms with Crippen LogP contribution in [0.5, 0.6) is 0 Å². The molecule has 3 heteroatoms. The number of nitrogens with one attached hydrogen (secondary N) is 1. The molecule has 1 nitrogen and oxygen atoms in total. The molecular formula is C15H15BrClN. The molecule has 0 spiro atoms. The fourth-order valence-electron chi connectivity index (χ4n) is 1.98. The van der Waals surface area contributed by atoms with Crippen LogP contribution in [-0.2, 0) is 6.54 Å². The van der Waals surface area contributed by atoms with Crippen LogP contribution in [0.2, 0.25) is 5.02 Å². The zero-order valence-electron chi connectivity index (χ0n) is 10.4. The maximum atomic E-state index is 5.87. The molecule has 2 rings (SSSR count). The Morgan fingerprint density at radius 3 is 2.17 bits per heavy atom. The van der Waals surface area contributed by atoms with E-state index in [1.54, 1.807) is 0 Å². The summed E-state index contributed by atoms with van der Waals surface area (Å²) < 4.78 is 1.12. The number of aryl methyl sites for hydroxylation is 2. The van der Waals surface area contributed by atoms with E-state index in [4.69, 9.17) is 11.6 Å². The predicted octanol–water partition coefficient (Wildman–Crippen LogP) is 5.33. The third kappa shape index (κ3) is 3.27. The number of hydrogen-bond acceptors (Lipinski definition) is 1. The maximum absolute atomic E-state index is 5.87. The Labute approximate surface area is 121 Å². The van der Waals surface area contributed by atoms with E-state index in [0.29, 0.717) is 0 Å². The first kappa shape index (κ1) is 13.4. The number of hydrogen-bond donors (Lipinski definition) is 1. The van der Waals surface area contributed by atoms with Gasteiger partial charge in [0.25, 0.3) is 0 Å². The molecule has 0 atom stereocenters. The van der Waals surface area contributed by atoms with Crippen molar-refractivity contribution in [2.75, 3.05) is 5.32 Å². The van der Waals surface area contributed by atoms with Crippen molar-refractivity contribution in [2.24, 2.45) is 0 Å². The molecular weight excluding hydrogens is 310 g/mol. The molecule has 0 heterocycles. The van der Waals surface area contributed by atoms with Crippen molar-refractivity contribution in [3.8, 4) is 0 Å². The van der Waals surface area contributed by atoms with Crippen LogP contribution in [0.3, 0.4) is 0 Å². The summed E-state index contributed by atoms with van der Waals surface area (Å²) >= 11 is 9.38. The summed E-state index contributed by atoms with van der Waals surface area (Å²) in [6, 6.07) is 12.2.